The maximum absolute atomic E-state index is 13.4. The zero-order chi connectivity index (χ0) is 49.7. The van der Waals surface area contributed by atoms with Crippen molar-refractivity contribution in [2.45, 2.75) is 83.8 Å². The number of aryl methyl sites for hydroxylation is 1. The molecule has 2 aromatic heterocycles. The summed E-state index contributed by atoms with van der Waals surface area (Å²) in [6.07, 6.45) is 3.80. The summed E-state index contributed by atoms with van der Waals surface area (Å²) in [5, 5.41) is 22.2. The van der Waals surface area contributed by atoms with Gasteiger partial charge in [0.15, 0.2) is 0 Å². The predicted molar refractivity (Wildman–Crippen MR) is 262 cm³/mol. The van der Waals surface area contributed by atoms with Crippen LogP contribution < -0.4 is 29.3 Å². The van der Waals surface area contributed by atoms with Crippen LogP contribution in [0, 0.1) is 23.2 Å². The van der Waals surface area contributed by atoms with Crippen molar-refractivity contribution in [1.29, 1.82) is 0 Å². The minimum Gasteiger partial charge on any atom is -0.490 e. The monoisotopic (exact) mass is 1010 g/mol. The highest BCUT2D eigenvalue weighted by Crippen LogP contribution is 2.54. The van der Waals surface area contributed by atoms with Gasteiger partial charge in [0.1, 0.15) is 30.8 Å². The average molecular weight is 1010 g/mol. The topological polar surface area (TPSA) is 155 Å². The summed E-state index contributed by atoms with van der Waals surface area (Å²) in [7, 11) is 1.62. The fourth-order valence-corrected chi connectivity index (χ4v) is 10.2. The van der Waals surface area contributed by atoms with E-state index in [1.165, 1.54) is 11.9 Å². The second-order valence-corrected chi connectivity index (χ2v) is 19.4. The molecule has 374 valence electrons. The molecule has 1 unspecified atom stereocenters. The van der Waals surface area contributed by atoms with E-state index in [0.717, 1.165) is 92.4 Å². The Balaban J connectivity index is 0.000000188. The van der Waals surface area contributed by atoms with Crippen LogP contribution in [0.4, 0.5) is 35.9 Å². The number of aliphatic hydroxyl groups excluding tert-OH is 1. The lowest BCUT2D eigenvalue weighted by Crippen LogP contribution is -2.47. The Morgan fingerprint density at radius 2 is 1.43 bits per heavy atom. The summed E-state index contributed by atoms with van der Waals surface area (Å²) >= 11 is 12.7. The molecule has 1 spiro atoms. The molecule has 1 saturated carbocycles. The highest BCUT2D eigenvalue weighted by Gasteiger charge is 2.54. The van der Waals surface area contributed by atoms with E-state index in [4.69, 9.17) is 47.3 Å². The molecule has 15 nitrogen and oxygen atoms in total. The summed E-state index contributed by atoms with van der Waals surface area (Å²) in [5.74, 6) is 1.19. The van der Waals surface area contributed by atoms with Crippen molar-refractivity contribution < 1.29 is 46.8 Å². The first kappa shape index (κ1) is 50.5. The smallest absolute Gasteiger partial charge is 0.431 e. The fourth-order valence-electron chi connectivity index (χ4n) is 9.73. The van der Waals surface area contributed by atoms with Crippen molar-refractivity contribution in [3.8, 4) is 11.6 Å². The van der Waals surface area contributed by atoms with Gasteiger partial charge in [-0.1, -0.05) is 49.2 Å². The number of aliphatic hydroxyl groups is 1. The molecular formula is C50H57Cl2F3N8O7. The molecule has 0 radical (unpaired) electrons. The third-order valence-electron chi connectivity index (χ3n) is 14.2. The Kier molecular flexibility index (Phi) is 15.6. The molecule has 1 N–H and O–H groups in total. The van der Waals surface area contributed by atoms with Gasteiger partial charge in [-0.15, -0.1) is 0 Å². The highest BCUT2D eigenvalue weighted by atomic mass is 35.5. The van der Waals surface area contributed by atoms with Gasteiger partial charge in [-0.3, -0.25) is 24.6 Å². The minimum atomic E-state index is -4.55. The molecule has 9 rings (SSSR count). The van der Waals surface area contributed by atoms with Gasteiger partial charge < -0.3 is 33.9 Å². The van der Waals surface area contributed by atoms with Crippen molar-refractivity contribution in [3.63, 3.8) is 0 Å². The van der Waals surface area contributed by atoms with Gasteiger partial charge in [0.25, 0.3) is 12.9 Å². The number of carbonyl (C=O) groups is 2. The van der Waals surface area contributed by atoms with Gasteiger partial charge in [0.05, 0.1) is 70.5 Å². The number of pyridine rings is 2. The number of alkyl halides is 3. The van der Waals surface area contributed by atoms with Gasteiger partial charge in [0.2, 0.25) is 5.88 Å². The number of ether oxygens (including phenoxy) is 4. The molecule has 3 fully saturated rings. The van der Waals surface area contributed by atoms with Crippen LogP contribution in [-0.4, -0.2) is 110 Å². The van der Waals surface area contributed by atoms with Crippen LogP contribution in [0.2, 0.25) is 10.0 Å². The van der Waals surface area contributed by atoms with Crippen LogP contribution in [0.3, 0.4) is 0 Å². The predicted octanol–water partition coefficient (Wildman–Crippen LogP) is 8.77. The number of anilines is 4. The van der Waals surface area contributed by atoms with Crippen LogP contribution >= 0.6 is 23.2 Å². The molecule has 0 bridgehead atoms. The van der Waals surface area contributed by atoms with Crippen molar-refractivity contribution >= 4 is 70.3 Å². The average Bonchev–Trinajstić information content (AvgIpc) is 3.94. The van der Waals surface area contributed by atoms with E-state index >= 15 is 0 Å². The number of methoxy groups -OCH3 is 1. The van der Waals surface area contributed by atoms with Crippen molar-refractivity contribution in [2.24, 2.45) is 33.4 Å². The Hall–Kier alpha value is -5.85. The summed E-state index contributed by atoms with van der Waals surface area (Å²) in [6.45, 7) is 9.72. The fraction of sp³-hybridized carbons (Fsp3) is 0.480. The lowest BCUT2D eigenvalue weighted by Gasteiger charge is -2.41. The number of hydrogen-bond donors (Lipinski definition) is 1. The summed E-state index contributed by atoms with van der Waals surface area (Å²) in [5.41, 5.74) is 5.25. The van der Waals surface area contributed by atoms with Crippen molar-refractivity contribution in [1.82, 2.24) is 9.97 Å². The summed E-state index contributed by atoms with van der Waals surface area (Å²) < 4.78 is 61.8. The largest absolute Gasteiger partial charge is 0.490 e. The summed E-state index contributed by atoms with van der Waals surface area (Å²) in [4.78, 5) is 34.1. The van der Waals surface area contributed by atoms with E-state index in [2.05, 4.69) is 31.8 Å². The first-order valence-electron chi connectivity index (χ1n) is 23.3. The Bertz CT molecular complexity index is 2530. The maximum atomic E-state index is 13.4. The lowest BCUT2D eigenvalue weighted by molar-refractivity contribution is -0.130. The van der Waals surface area contributed by atoms with Crippen LogP contribution in [0.15, 0.2) is 83.3 Å². The molecule has 2 aromatic carbocycles. The molecule has 20 heteroatoms. The van der Waals surface area contributed by atoms with Gasteiger partial charge in [-0.05, 0) is 86.6 Å². The molecule has 4 aromatic rings. The summed E-state index contributed by atoms with van der Waals surface area (Å²) in [6, 6.07) is 18.3. The molecule has 0 amide bonds. The van der Waals surface area contributed by atoms with E-state index in [9.17, 15) is 27.9 Å². The number of piperidine rings is 1. The second kappa shape index (κ2) is 21.6. The number of nitrogens with zero attached hydrogens (tertiary/aromatic N) is 8. The molecular weight excluding hydrogens is 952 g/mol. The number of aromatic nitrogens is 2. The number of carbonyl (C=O) groups excluding carboxylic acids is 2. The van der Waals surface area contributed by atoms with E-state index < -0.39 is 23.8 Å². The number of hydrogen-bond acceptors (Lipinski definition) is 15. The molecule has 5 aliphatic rings. The quantitative estimate of drug-likeness (QED) is 0.100. The van der Waals surface area contributed by atoms with Crippen LogP contribution in [0.1, 0.15) is 57.7 Å². The maximum Gasteiger partial charge on any atom is 0.431 e. The van der Waals surface area contributed by atoms with E-state index in [1.54, 1.807) is 37.7 Å². The third-order valence-corrected chi connectivity index (χ3v) is 14.8. The van der Waals surface area contributed by atoms with E-state index in [1.807, 2.05) is 54.4 Å². The zero-order valence-corrected chi connectivity index (χ0v) is 40.9. The van der Waals surface area contributed by atoms with Gasteiger partial charge in [-0.25, -0.2) is 4.98 Å². The van der Waals surface area contributed by atoms with Crippen molar-refractivity contribution in [2.75, 3.05) is 66.3 Å². The first-order valence-corrected chi connectivity index (χ1v) is 24.1. The van der Waals surface area contributed by atoms with Gasteiger partial charge >= 0.3 is 6.18 Å². The van der Waals surface area contributed by atoms with E-state index in [-0.39, 0.29) is 43.2 Å². The molecule has 6 heterocycles. The number of halogens is 5. The normalized spacial score (nSPS) is 22.7. The molecule has 70 heavy (non-hydrogen) atoms. The lowest BCUT2D eigenvalue weighted by atomic mass is 9.91. The van der Waals surface area contributed by atoms with Crippen LogP contribution in [0.25, 0.3) is 0 Å². The minimum absolute atomic E-state index is 0.00957. The number of rotatable bonds is 17. The molecule has 2 saturated heterocycles. The molecule has 4 aliphatic heterocycles. The van der Waals surface area contributed by atoms with Crippen LogP contribution in [-0.2, 0) is 32.1 Å². The first-order chi connectivity index (χ1) is 33.6. The SMILES string of the molecule is COc1cc(N2CCC(Oc3ccc(N4N=C(C)[C@@H](C)[C@@H]4COC=O)cc3)C3(CC3)C2)c(Cl)cn1.C[C@@H]1C(C(F)(F)F)=NN(c2ccc(CCC3CN(c4cc(CO)ncc4Cl)C3)cc2)[C@H]1COC=O. The number of hydrazone groups is 2. The second-order valence-electron chi connectivity index (χ2n) is 18.6. The third kappa shape index (κ3) is 11.2. The standard InChI is InChI=1S/C26H31ClN4O4.C24H26ClF3N4O3/c1-17-18(2)29-31(23(17)14-34-16-32)19-4-6-20(7-5-19)35-24-8-11-30(15-26(24)9-10-26)22-12-25(33-3)28-13-21(22)27;1-15-22(13-35-14-34)32(30-23(15)24(26,27)28)19-6-4-16(5-7-19)2-3-17-10-31(11-17)21-8-18(12-33)29-9-20(21)25/h4-7,12-13,16-17,23-24H,8-11,14-15H2,1-3H3;4-9,14-15,17,22,33H,2-3,10-13H2,1H3/t17-,23+,24?;15-,22-/m10/s1. The molecule has 1 aliphatic carbocycles. The highest BCUT2D eigenvalue weighted by molar-refractivity contribution is 6.33. The van der Waals surface area contributed by atoms with Gasteiger partial charge in [0, 0.05) is 67.8 Å². The zero-order valence-electron chi connectivity index (χ0n) is 39.4. The number of benzene rings is 2. The Morgan fingerprint density at radius 1 is 0.829 bits per heavy atom. The Morgan fingerprint density at radius 3 is 2.03 bits per heavy atom. The van der Waals surface area contributed by atoms with Gasteiger partial charge in [-0.2, -0.15) is 23.4 Å². The van der Waals surface area contributed by atoms with Crippen molar-refractivity contribution in [3.05, 3.63) is 94.4 Å². The molecule has 5 atom stereocenters. The van der Waals surface area contributed by atoms with E-state index in [0.29, 0.717) is 46.3 Å². The van der Waals surface area contributed by atoms with Crippen LogP contribution in [0.5, 0.6) is 11.6 Å². The Labute approximate surface area is 415 Å².